The molecule has 1 N–H and O–H groups in total. The Morgan fingerprint density at radius 1 is 1.13 bits per heavy atom. The Hall–Kier alpha value is -2.69. The first-order chi connectivity index (χ1) is 11.0. The summed E-state index contributed by atoms with van der Waals surface area (Å²) in [6.45, 7) is 4.38. The van der Waals surface area contributed by atoms with Gasteiger partial charge < -0.3 is 10.2 Å². The van der Waals surface area contributed by atoms with Gasteiger partial charge in [0.05, 0.1) is 6.54 Å². The van der Waals surface area contributed by atoms with Crippen LogP contribution < -0.4 is 5.32 Å². The van der Waals surface area contributed by atoms with Gasteiger partial charge in [0.2, 0.25) is 11.8 Å². The summed E-state index contributed by atoms with van der Waals surface area (Å²) in [5.41, 5.74) is 3.14. The highest BCUT2D eigenvalue weighted by atomic mass is 16.2. The van der Waals surface area contributed by atoms with Gasteiger partial charge in [-0.15, -0.1) is 0 Å². The third-order valence-electron chi connectivity index (χ3n) is 3.47. The van der Waals surface area contributed by atoms with Gasteiger partial charge in [-0.2, -0.15) is 0 Å². The van der Waals surface area contributed by atoms with E-state index in [9.17, 15) is 9.59 Å². The van der Waals surface area contributed by atoms with Crippen molar-refractivity contribution in [3.8, 4) is 0 Å². The van der Waals surface area contributed by atoms with Crippen LogP contribution in [0.1, 0.15) is 23.6 Å². The van der Waals surface area contributed by atoms with Crippen molar-refractivity contribution in [1.82, 2.24) is 15.2 Å². The number of amides is 2. The summed E-state index contributed by atoms with van der Waals surface area (Å²) in [5, 5.41) is 2.85. The van der Waals surface area contributed by atoms with Crippen LogP contribution in [-0.4, -0.2) is 28.2 Å². The highest BCUT2D eigenvalue weighted by molar-refractivity contribution is 5.83. The van der Waals surface area contributed by atoms with E-state index >= 15 is 0 Å². The lowest BCUT2D eigenvalue weighted by Crippen LogP contribution is -2.39. The highest BCUT2D eigenvalue weighted by Gasteiger charge is 2.14. The Labute approximate surface area is 136 Å². The molecule has 0 aliphatic heterocycles. The summed E-state index contributed by atoms with van der Waals surface area (Å²) in [7, 11) is 0. The maximum atomic E-state index is 12.1. The fraction of sp³-hybridized carbons (Fsp3) is 0.278. The number of aromatic nitrogens is 1. The minimum absolute atomic E-state index is 0.0451. The van der Waals surface area contributed by atoms with Crippen molar-refractivity contribution >= 4 is 11.8 Å². The Kier molecular flexibility index (Phi) is 5.86. The number of pyridine rings is 1. The van der Waals surface area contributed by atoms with Crippen LogP contribution in [0.3, 0.4) is 0 Å². The number of nitrogens with zero attached hydrogens (tertiary/aromatic N) is 2. The first kappa shape index (κ1) is 16.7. The molecule has 23 heavy (non-hydrogen) atoms. The molecular formula is C18H21N3O2. The summed E-state index contributed by atoms with van der Waals surface area (Å²) in [5.74, 6) is -0.303. The molecule has 0 spiro atoms. The molecule has 2 rings (SSSR count). The van der Waals surface area contributed by atoms with Gasteiger partial charge in [-0.1, -0.05) is 29.8 Å². The van der Waals surface area contributed by atoms with E-state index in [2.05, 4.69) is 10.3 Å². The Bertz CT molecular complexity index is 671. The first-order valence-electron chi connectivity index (χ1n) is 7.51. The molecule has 0 saturated carbocycles. The van der Waals surface area contributed by atoms with E-state index in [1.165, 1.54) is 11.8 Å². The second-order valence-electron chi connectivity index (χ2n) is 5.50. The number of benzene rings is 1. The molecule has 0 radical (unpaired) electrons. The minimum atomic E-state index is -0.171. The minimum Gasteiger partial charge on any atom is -0.350 e. The van der Waals surface area contributed by atoms with Gasteiger partial charge in [-0.05, 0) is 30.2 Å². The number of rotatable bonds is 6. The van der Waals surface area contributed by atoms with Gasteiger partial charge in [0, 0.05) is 32.4 Å². The van der Waals surface area contributed by atoms with Crippen molar-refractivity contribution in [2.45, 2.75) is 26.9 Å². The van der Waals surface area contributed by atoms with Crippen molar-refractivity contribution in [2.75, 3.05) is 6.54 Å². The fourth-order valence-corrected chi connectivity index (χ4v) is 2.24. The van der Waals surface area contributed by atoms with Crippen LogP contribution in [0.15, 0.2) is 48.8 Å². The van der Waals surface area contributed by atoms with Gasteiger partial charge in [0.1, 0.15) is 0 Å². The number of carbonyl (C=O) groups is 2. The second-order valence-corrected chi connectivity index (χ2v) is 5.50. The molecule has 0 unspecified atom stereocenters. The summed E-state index contributed by atoms with van der Waals surface area (Å²) in [6.07, 6.45) is 3.34. The molecule has 1 aromatic heterocycles. The molecule has 0 saturated heterocycles. The van der Waals surface area contributed by atoms with Crippen LogP contribution >= 0.6 is 0 Å². The maximum Gasteiger partial charge on any atom is 0.239 e. The van der Waals surface area contributed by atoms with Crippen molar-refractivity contribution in [2.24, 2.45) is 0 Å². The fourth-order valence-electron chi connectivity index (χ4n) is 2.24. The molecule has 0 aliphatic carbocycles. The van der Waals surface area contributed by atoms with Crippen molar-refractivity contribution in [1.29, 1.82) is 0 Å². The van der Waals surface area contributed by atoms with Crippen molar-refractivity contribution < 1.29 is 9.59 Å². The zero-order valence-electron chi connectivity index (χ0n) is 13.5. The zero-order valence-corrected chi connectivity index (χ0v) is 13.5. The number of carbonyl (C=O) groups excluding carboxylic acids is 2. The van der Waals surface area contributed by atoms with E-state index in [0.717, 1.165) is 16.7 Å². The van der Waals surface area contributed by atoms with Crippen molar-refractivity contribution in [3.05, 3.63) is 65.5 Å². The van der Waals surface area contributed by atoms with Crippen LogP contribution in [0.5, 0.6) is 0 Å². The van der Waals surface area contributed by atoms with Crippen LogP contribution in [0, 0.1) is 6.92 Å². The predicted molar refractivity (Wildman–Crippen MR) is 88.4 cm³/mol. The van der Waals surface area contributed by atoms with Crippen LogP contribution in [-0.2, 0) is 22.7 Å². The summed E-state index contributed by atoms with van der Waals surface area (Å²) >= 11 is 0. The van der Waals surface area contributed by atoms with Crippen LogP contribution in [0.4, 0.5) is 0 Å². The zero-order chi connectivity index (χ0) is 16.7. The van der Waals surface area contributed by atoms with Crippen LogP contribution in [0.2, 0.25) is 0 Å². The van der Waals surface area contributed by atoms with E-state index in [-0.39, 0.29) is 18.4 Å². The molecule has 5 heteroatoms. The number of nitrogens with one attached hydrogen (secondary N) is 1. The Morgan fingerprint density at radius 2 is 1.87 bits per heavy atom. The molecule has 0 atom stereocenters. The predicted octanol–water partition coefficient (Wildman–Crippen LogP) is 2.05. The second kappa shape index (κ2) is 8.08. The molecule has 120 valence electrons. The maximum absolute atomic E-state index is 12.1. The summed E-state index contributed by atoms with van der Waals surface area (Å²) in [4.78, 5) is 29.3. The largest absolute Gasteiger partial charge is 0.350 e. The molecule has 0 aliphatic rings. The third-order valence-corrected chi connectivity index (χ3v) is 3.47. The van der Waals surface area contributed by atoms with E-state index in [1.807, 2.05) is 43.3 Å². The molecule has 2 aromatic rings. The number of aryl methyl sites for hydroxylation is 1. The van der Waals surface area contributed by atoms with E-state index < -0.39 is 0 Å². The van der Waals surface area contributed by atoms with E-state index in [1.54, 1.807) is 12.4 Å². The number of hydrogen-bond acceptors (Lipinski definition) is 3. The summed E-state index contributed by atoms with van der Waals surface area (Å²) < 4.78 is 0. The molecule has 1 aromatic carbocycles. The van der Waals surface area contributed by atoms with Gasteiger partial charge in [0.15, 0.2) is 0 Å². The molecule has 1 heterocycles. The molecule has 0 bridgehead atoms. The lowest BCUT2D eigenvalue weighted by Gasteiger charge is -2.20. The topological polar surface area (TPSA) is 62.3 Å². The SMILES string of the molecule is CC(=O)N(CC(=O)NCc1cccc(C)c1)Cc1ccncc1. The van der Waals surface area contributed by atoms with E-state index in [4.69, 9.17) is 0 Å². The monoisotopic (exact) mass is 311 g/mol. The Balaban J connectivity index is 1.89. The van der Waals surface area contributed by atoms with Crippen molar-refractivity contribution in [3.63, 3.8) is 0 Å². The lowest BCUT2D eigenvalue weighted by molar-refractivity contribution is -0.135. The van der Waals surface area contributed by atoms with Gasteiger partial charge in [0.25, 0.3) is 0 Å². The average molecular weight is 311 g/mol. The average Bonchev–Trinajstić information content (AvgIpc) is 2.53. The lowest BCUT2D eigenvalue weighted by atomic mass is 10.1. The van der Waals surface area contributed by atoms with Crippen LogP contribution in [0.25, 0.3) is 0 Å². The van der Waals surface area contributed by atoms with Gasteiger partial charge in [-0.25, -0.2) is 0 Å². The Morgan fingerprint density at radius 3 is 2.52 bits per heavy atom. The van der Waals surface area contributed by atoms with Gasteiger partial charge in [-0.3, -0.25) is 14.6 Å². The third kappa shape index (κ3) is 5.54. The highest BCUT2D eigenvalue weighted by Crippen LogP contribution is 2.05. The summed E-state index contributed by atoms with van der Waals surface area (Å²) in [6, 6.07) is 11.6. The smallest absolute Gasteiger partial charge is 0.239 e. The molecule has 5 nitrogen and oxygen atoms in total. The normalized spacial score (nSPS) is 10.2. The first-order valence-corrected chi connectivity index (χ1v) is 7.51. The van der Waals surface area contributed by atoms with Gasteiger partial charge >= 0.3 is 0 Å². The molecular weight excluding hydrogens is 290 g/mol. The van der Waals surface area contributed by atoms with E-state index in [0.29, 0.717) is 13.1 Å². The molecule has 2 amide bonds. The standard InChI is InChI=1S/C18H21N3O2/c1-14-4-3-5-17(10-14)11-20-18(23)13-21(15(2)22)12-16-6-8-19-9-7-16/h3-10H,11-13H2,1-2H3,(H,20,23). The quantitative estimate of drug-likeness (QED) is 0.888. The molecule has 0 fully saturated rings. The number of hydrogen-bond donors (Lipinski definition) is 1.